The number of carbonyl (C=O) groups excluding carboxylic acids is 1. The van der Waals surface area contributed by atoms with Crippen LogP contribution in [-0.4, -0.2) is 28.7 Å². The molecule has 1 rings (SSSR count). The van der Waals surface area contributed by atoms with Gasteiger partial charge in [0.25, 0.3) is 5.69 Å². The molecule has 0 amide bonds. The number of hydrogen-bond donors (Lipinski definition) is 0. The van der Waals surface area contributed by atoms with Crippen LogP contribution in [0.15, 0.2) is 17.3 Å². The van der Waals surface area contributed by atoms with Crippen LogP contribution >= 0.6 is 11.8 Å². The molecule has 0 spiro atoms. The molecule has 1 unspecified atom stereocenters. The van der Waals surface area contributed by atoms with Crippen molar-refractivity contribution in [3.63, 3.8) is 0 Å². The number of hydrogen-bond acceptors (Lipinski definition) is 6. The lowest BCUT2D eigenvalue weighted by molar-refractivity contribution is -0.385. The maximum Gasteiger partial charge on any atom is 0.309 e. The summed E-state index contributed by atoms with van der Waals surface area (Å²) < 4.78 is 4.60. The average molecular weight is 270 g/mol. The monoisotopic (exact) mass is 270 g/mol. The van der Waals surface area contributed by atoms with E-state index in [2.05, 4.69) is 9.72 Å². The molecule has 0 radical (unpaired) electrons. The van der Waals surface area contributed by atoms with E-state index in [0.29, 0.717) is 16.3 Å². The molecule has 0 N–H and O–H groups in total. The van der Waals surface area contributed by atoms with E-state index in [1.807, 2.05) is 0 Å². The lowest BCUT2D eigenvalue weighted by Gasteiger charge is -2.08. The van der Waals surface area contributed by atoms with Crippen molar-refractivity contribution in [2.75, 3.05) is 12.9 Å². The number of methoxy groups -OCH3 is 1. The fraction of sp³-hybridized carbons (Fsp3) is 0.455. The lowest BCUT2D eigenvalue weighted by Crippen LogP contribution is -2.14. The van der Waals surface area contributed by atoms with Gasteiger partial charge in [0.05, 0.1) is 18.0 Å². The fourth-order valence-electron chi connectivity index (χ4n) is 1.25. The van der Waals surface area contributed by atoms with E-state index >= 15 is 0 Å². The van der Waals surface area contributed by atoms with Crippen molar-refractivity contribution in [3.8, 4) is 0 Å². The first kappa shape index (κ1) is 14.4. The van der Waals surface area contributed by atoms with Gasteiger partial charge in [0, 0.05) is 23.6 Å². The van der Waals surface area contributed by atoms with E-state index in [1.54, 1.807) is 13.8 Å². The molecule has 0 fully saturated rings. The predicted octanol–water partition coefficient (Wildman–Crippen LogP) is 2.20. The van der Waals surface area contributed by atoms with E-state index in [1.165, 1.54) is 31.1 Å². The number of thioether (sulfide) groups is 1. The molecule has 1 heterocycles. The molecule has 7 heteroatoms. The van der Waals surface area contributed by atoms with Gasteiger partial charge in [-0.1, -0.05) is 6.92 Å². The van der Waals surface area contributed by atoms with E-state index in [-0.39, 0.29) is 17.6 Å². The minimum absolute atomic E-state index is 0.0400. The van der Waals surface area contributed by atoms with Crippen LogP contribution in [0.25, 0.3) is 0 Å². The molecule has 0 aliphatic heterocycles. The Bertz CT molecular complexity index is 464. The first-order valence-corrected chi connectivity index (χ1v) is 6.26. The quantitative estimate of drug-likeness (QED) is 0.353. The van der Waals surface area contributed by atoms with Crippen LogP contribution in [-0.2, 0) is 9.53 Å². The summed E-state index contributed by atoms with van der Waals surface area (Å²) in [6.07, 6.45) is 1.46. The van der Waals surface area contributed by atoms with Gasteiger partial charge in [0.2, 0.25) is 0 Å². The Morgan fingerprint density at radius 1 is 1.67 bits per heavy atom. The first-order chi connectivity index (χ1) is 8.45. The number of aromatic nitrogens is 1. The summed E-state index contributed by atoms with van der Waals surface area (Å²) in [5.41, 5.74) is 0.559. The van der Waals surface area contributed by atoms with Crippen molar-refractivity contribution < 1.29 is 14.5 Å². The minimum Gasteiger partial charge on any atom is -0.469 e. The van der Waals surface area contributed by atoms with Crippen LogP contribution in [0.4, 0.5) is 5.69 Å². The summed E-state index contributed by atoms with van der Waals surface area (Å²) in [6.45, 7) is 3.37. The predicted molar refractivity (Wildman–Crippen MR) is 67.5 cm³/mol. The van der Waals surface area contributed by atoms with Crippen molar-refractivity contribution in [2.45, 2.75) is 18.9 Å². The minimum atomic E-state index is -0.440. The third-order valence-corrected chi connectivity index (χ3v) is 3.52. The van der Waals surface area contributed by atoms with Crippen LogP contribution in [0, 0.1) is 23.0 Å². The normalized spacial score (nSPS) is 11.9. The number of carbonyl (C=O) groups is 1. The Morgan fingerprint density at radius 2 is 2.33 bits per heavy atom. The molecular weight excluding hydrogens is 256 g/mol. The second-order valence-corrected chi connectivity index (χ2v) is 4.84. The molecule has 1 aromatic rings. The summed E-state index contributed by atoms with van der Waals surface area (Å²) in [6, 6.07) is 1.42. The summed E-state index contributed by atoms with van der Waals surface area (Å²) in [7, 11) is 1.33. The van der Waals surface area contributed by atoms with Gasteiger partial charge in [0.1, 0.15) is 5.03 Å². The van der Waals surface area contributed by atoms with Gasteiger partial charge < -0.3 is 4.74 Å². The molecule has 18 heavy (non-hydrogen) atoms. The Hall–Kier alpha value is -1.63. The Kier molecular flexibility index (Phi) is 5.08. The number of esters is 1. The number of rotatable bonds is 5. The standard InChI is InChI=1S/C11H14N2O4S/c1-7-5-12-10(4-9(7)13(15)16)18-6-8(2)11(14)17-3/h4-5,8H,6H2,1-3H3. The third kappa shape index (κ3) is 3.69. The highest BCUT2D eigenvalue weighted by molar-refractivity contribution is 7.99. The van der Waals surface area contributed by atoms with Crippen molar-refractivity contribution >= 4 is 23.4 Å². The fourth-order valence-corrected chi connectivity index (χ4v) is 2.13. The summed E-state index contributed by atoms with van der Waals surface area (Å²) in [4.78, 5) is 25.6. The number of nitrogens with zero attached hydrogens (tertiary/aromatic N) is 2. The number of pyridine rings is 1. The largest absolute Gasteiger partial charge is 0.469 e. The number of nitro groups is 1. The third-order valence-electron chi connectivity index (χ3n) is 2.33. The highest BCUT2D eigenvalue weighted by atomic mass is 32.2. The first-order valence-electron chi connectivity index (χ1n) is 5.27. The molecule has 1 atom stereocenters. The highest BCUT2D eigenvalue weighted by Crippen LogP contribution is 2.25. The zero-order valence-electron chi connectivity index (χ0n) is 10.4. The lowest BCUT2D eigenvalue weighted by atomic mass is 10.2. The molecular formula is C11H14N2O4S. The van der Waals surface area contributed by atoms with Gasteiger partial charge in [-0.3, -0.25) is 14.9 Å². The Balaban J connectivity index is 2.71. The van der Waals surface area contributed by atoms with Gasteiger partial charge in [0.15, 0.2) is 0 Å². The Morgan fingerprint density at radius 3 is 2.89 bits per heavy atom. The summed E-state index contributed by atoms with van der Waals surface area (Å²) >= 11 is 1.30. The highest BCUT2D eigenvalue weighted by Gasteiger charge is 2.16. The van der Waals surface area contributed by atoms with E-state index in [9.17, 15) is 14.9 Å². The van der Waals surface area contributed by atoms with Gasteiger partial charge in [-0.05, 0) is 6.92 Å². The molecule has 6 nitrogen and oxygen atoms in total. The average Bonchev–Trinajstić information content (AvgIpc) is 2.36. The summed E-state index contributed by atoms with van der Waals surface area (Å²) in [5, 5.41) is 11.3. The van der Waals surface area contributed by atoms with Crippen LogP contribution < -0.4 is 0 Å². The number of ether oxygens (including phenoxy) is 1. The molecule has 0 aliphatic carbocycles. The number of aryl methyl sites for hydroxylation is 1. The van der Waals surface area contributed by atoms with E-state index in [4.69, 9.17) is 0 Å². The zero-order valence-corrected chi connectivity index (χ0v) is 11.2. The van der Waals surface area contributed by atoms with Crippen molar-refractivity contribution in [1.82, 2.24) is 4.98 Å². The second-order valence-electron chi connectivity index (χ2n) is 3.80. The molecule has 0 bridgehead atoms. The van der Waals surface area contributed by atoms with Crippen molar-refractivity contribution in [2.24, 2.45) is 5.92 Å². The van der Waals surface area contributed by atoms with Gasteiger partial charge in [-0.15, -0.1) is 11.8 Å². The smallest absolute Gasteiger partial charge is 0.309 e. The molecule has 0 saturated carbocycles. The second kappa shape index (κ2) is 6.34. The maximum absolute atomic E-state index is 11.2. The molecule has 0 aromatic carbocycles. The molecule has 1 aromatic heterocycles. The molecule has 0 aliphatic rings. The van der Waals surface area contributed by atoms with Crippen LogP contribution in [0.5, 0.6) is 0 Å². The van der Waals surface area contributed by atoms with Crippen LogP contribution in [0.3, 0.4) is 0 Å². The maximum atomic E-state index is 11.2. The van der Waals surface area contributed by atoms with Gasteiger partial charge >= 0.3 is 5.97 Å². The SMILES string of the molecule is COC(=O)C(C)CSc1cc([N+](=O)[O-])c(C)cn1. The van der Waals surface area contributed by atoms with E-state index in [0.717, 1.165) is 0 Å². The Labute approximate surface area is 109 Å². The van der Waals surface area contributed by atoms with Crippen molar-refractivity contribution in [3.05, 3.63) is 27.9 Å². The molecule has 98 valence electrons. The van der Waals surface area contributed by atoms with Gasteiger partial charge in [-0.2, -0.15) is 0 Å². The van der Waals surface area contributed by atoms with Crippen molar-refractivity contribution in [1.29, 1.82) is 0 Å². The van der Waals surface area contributed by atoms with Crippen LogP contribution in [0.1, 0.15) is 12.5 Å². The zero-order chi connectivity index (χ0) is 13.7. The topological polar surface area (TPSA) is 82.3 Å². The van der Waals surface area contributed by atoms with Gasteiger partial charge in [-0.25, -0.2) is 4.98 Å². The molecule has 0 saturated heterocycles. The van der Waals surface area contributed by atoms with Crippen LogP contribution in [0.2, 0.25) is 0 Å². The summed E-state index contributed by atoms with van der Waals surface area (Å²) in [5.74, 6) is -0.105. The van der Waals surface area contributed by atoms with E-state index < -0.39 is 4.92 Å².